The summed E-state index contributed by atoms with van der Waals surface area (Å²) in [5, 5.41) is 12.0. The van der Waals surface area contributed by atoms with Crippen LogP contribution in [0.1, 0.15) is 60.2 Å². The Kier molecular flexibility index (Phi) is 3.90. The first-order chi connectivity index (χ1) is 10.5. The summed E-state index contributed by atoms with van der Waals surface area (Å²) in [6.07, 6.45) is 2.93. The molecule has 1 aromatic heterocycles. The van der Waals surface area contributed by atoms with Crippen LogP contribution in [0.4, 0.5) is 0 Å². The Balaban J connectivity index is 1.76. The molecule has 2 fully saturated rings. The van der Waals surface area contributed by atoms with E-state index in [2.05, 4.69) is 10.3 Å². The predicted octanol–water partition coefficient (Wildman–Crippen LogP) is 1.61. The number of amides is 1. The first kappa shape index (κ1) is 15.0. The number of ether oxygens (including phenoxy) is 1. The van der Waals surface area contributed by atoms with Crippen LogP contribution in [0.5, 0.6) is 0 Å². The summed E-state index contributed by atoms with van der Waals surface area (Å²) < 4.78 is 10.9. The number of hydrogen-bond donors (Lipinski definition) is 2. The van der Waals surface area contributed by atoms with Gasteiger partial charge >= 0.3 is 5.97 Å². The fourth-order valence-electron chi connectivity index (χ4n) is 2.83. The molecule has 22 heavy (non-hydrogen) atoms. The Bertz CT molecular complexity index is 585. The molecule has 120 valence electrons. The predicted molar refractivity (Wildman–Crippen MR) is 75.7 cm³/mol. The van der Waals surface area contributed by atoms with Crippen LogP contribution in [0.3, 0.4) is 0 Å². The van der Waals surface area contributed by atoms with E-state index in [-0.39, 0.29) is 18.1 Å². The van der Waals surface area contributed by atoms with Gasteiger partial charge in [-0.05, 0) is 32.6 Å². The van der Waals surface area contributed by atoms with Gasteiger partial charge in [-0.2, -0.15) is 0 Å². The highest BCUT2D eigenvalue weighted by atomic mass is 16.5. The normalized spacial score (nSPS) is 20.6. The topological polar surface area (TPSA) is 102 Å². The third-order valence-electron chi connectivity index (χ3n) is 4.26. The van der Waals surface area contributed by atoms with Crippen molar-refractivity contribution in [3.05, 3.63) is 17.3 Å². The highest BCUT2D eigenvalue weighted by Gasteiger charge is 2.38. The van der Waals surface area contributed by atoms with Crippen LogP contribution in [0.15, 0.2) is 4.42 Å². The number of hydrogen-bond acceptors (Lipinski definition) is 5. The number of rotatable bonds is 5. The average molecular weight is 308 g/mol. The van der Waals surface area contributed by atoms with Crippen LogP contribution < -0.4 is 5.32 Å². The van der Waals surface area contributed by atoms with E-state index in [9.17, 15) is 9.59 Å². The summed E-state index contributed by atoms with van der Waals surface area (Å²) in [6, 6.07) is 0. The molecule has 0 atom stereocenters. The molecule has 0 bridgehead atoms. The van der Waals surface area contributed by atoms with Gasteiger partial charge in [-0.1, -0.05) is 0 Å². The van der Waals surface area contributed by atoms with Crippen LogP contribution in [-0.2, 0) is 9.53 Å². The summed E-state index contributed by atoms with van der Waals surface area (Å²) in [7, 11) is 0. The van der Waals surface area contributed by atoms with Crippen LogP contribution in [0.25, 0.3) is 0 Å². The Labute approximate surface area is 128 Å². The Morgan fingerprint density at radius 2 is 2.05 bits per heavy atom. The molecule has 0 aromatic carbocycles. The molecule has 2 aliphatic rings. The van der Waals surface area contributed by atoms with Crippen molar-refractivity contribution in [3.63, 3.8) is 0 Å². The number of aliphatic carboxylic acids is 1. The summed E-state index contributed by atoms with van der Waals surface area (Å²) >= 11 is 0. The Morgan fingerprint density at radius 1 is 1.36 bits per heavy atom. The van der Waals surface area contributed by atoms with Crippen molar-refractivity contribution in [1.29, 1.82) is 0 Å². The van der Waals surface area contributed by atoms with Gasteiger partial charge in [0.25, 0.3) is 5.91 Å². The van der Waals surface area contributed by atoms with E-state index >= 15 is 0 Å². The molecule has 1 aromatic rings. The van der Waals surface area contributed by atoms with Crippen LogP contribution in [0, 0.1) is 6.92 Å². The third kappa shape index (κ3) is 3.14. The number of carbonyl (C=O) groups excluding carboxylic acids is 1. The van der Waals surface area contributed by atoms with Gasteiger partial charge in [0.1, 0.15) is 0 Å². The number of carboxylic acid groups (broad SMARTS) is 1. The summed E-state index contributed by atoms with van der Waals surface area (Å²) in [5.41, 5.74) is -0.225. The van der Waals surface area contributed by atoms with Gasteiger partial charge in [0.05, 0.1) is 17.7 Å². The van der Waals surface area contributed by atoms with E-state index in [0.717, 1.165) is 12.8 Å². The molecule has 1 saturated carbocycles. The standard InChI is InChI=1S/C15H20N2O5/c1-9-12(22-14(16-9)10-2-3-10)13(20)17-15(8-11(18)19)4-6-21-7-5-15/h10H,2-8H2,1H3,(H,17,20)(H,18,19). The first-order valence-electron chi connectivity index (χ1n) is 7.58. The minimum absolute atomic E-state index is 0.120. The lowest BCUT2D eigenvalue weighted by Gasteiger charge is -2.36. The number of oxazole rings is 1. The zero-order chi connectivity index (χ0) is 15.7. The minimum atomic E-state index is -0.935. The van der Waals surface area contributed by atoms with E-state index in [1.807, 2.05) is 0 Å². The monoisotopic (exact) mass is 308 g/mol. The molecular weight excluding hydrogens is 288 g/mol. The first-order valence-corrected chi connectivity index (χ1v) is 7.58. The molecule has 2 heterocycles. The van der Waals surface area contributed by atoms with Gasteiger partial charge in [0.2, 0.25) is 5.76 Å². The van der Waals surface area contributed by atoms with Crippen LogP contribution in [-0.4, -0.2) is 40.7 Å². The van der Waals surface area contributed by atoms with Crippen molar-refractivity contribution in [3.8, 4) is 0 Å². The molecular formula is C15H20N2O5. The molecule has 1 amide bonds. The maximum Gasteiger partial charge on any atom is 0.305 e. The fraction of sp³-hybridized carbons (Fsp3) is 0.667. The van der Waals surface area contributed by atoms with Gasteiger partial charge in [-0.15, -0.1) is 0 Å². The average Bonchev–Trinajstić information content (AvgIpc) is 3.21. The second-order valence-corrected chi connectivity index (χ2v) is 6.16. The zero-order valence-corrected chi connectivity index (χ0v) is 12.6. The molecule has 3 rings (SSSR count). The smallest absolute Gasteiger partial charge is 0.305 e. The van der Waals surface area contributed by atoms with Gasteiger partial charge in [-0.25, -0.2) is 4.98 Å². The van der Waals surface area contributed by atoms with Gasteiger partial charge in [-0.3, -0.25) is 9.59 Å². The van der Waals surface area contributed by atoms with E-state index in [0.29, 0.717) is 43.6 Å². The lowest BCUT2D eigenvalue weighted by molar-refractivity contribution is -0.139. The van der Waals surface area contributed by atoms with Crippen molar-refractivity contribution in [1.82, 2.24) is 10.3 Å². The quantitative estimate of drug-likeness (QED) is 0.857. The number of aryl methyl sites for hydroxylation is 1. The summed E-state index contributed by atoms with van der Waals surface area (Å²) in [5.74, 6) is -0.188. The van der Waals surface area contributed by atoms with E-state index in [1.54, 1.807) is 6.92 Å². The van der Waals surface area contributed by atoms with E-state index in [1.165, 1.54) is 0 Å². The largest absolute Gasteiger partial charge is 0.481 e. The molecule has 1 saturated heterocycles. The van der Waals surface area contributed by atoms with Crippen LogP contribution >= 0.6 is 0 Å². The van der Waals surface area contributed by atoms with Crippen molar-refractivity contribution >= 4 is 11.9 Å². The van der Waals surface area contributed by atoms with Gasteiger partial charge in [0, 0.05) is 19.1 Å². The van der Waals surface area contributed by atoms with Crippen molar-refractivity contribution < 1.29 is 23.8 Å². The molecule has 0 spiro atoms. The van der Waals surface area contributed by atoms with E-state index in [4.69, 9.17) is 14.3 Å². The number of nitrogens with one attached hydrogen (secondary N) is 1. The summed E-state index contributed by atoms with van der Waals surface area (Å²) in [6.45, 7) is 2.62. The molecule has 7 nitrogen and oxygen atoms in total. The minimum Gasteiger partial charge on any atom is -0.481 e. The third-order valence-corrected chi connectivity index (χ3v) is 4.26. The lowest BCUT2D eigenvalue weighted by atomic mass is 9.86. The van der Waals surface area contributed by atoms with Crippen molar-refractivity contribution in [2.45, 2.75) is 50.5 Å². The van der Waals surface area contributed by atoms with E-state index < -0.39 is 11.5 Å². The second-order valence-electron chi connectivity index (χ2n) is 6.16. The molecule has 1 aliphatic heterocycles. The van der Waals surface area contributed by atoms with Gasteiger partial charge < -0.3 is 19.6 Å². The number of aromatic nitrogens is 1. The maximum atomic E-state index is 12.5. The highest BCUT2D eigenvalue weighted by molar-refractivity contribution is 5.93. The summed E-state index contributed by atoms with van der Waals surface area (Å²) in [4.78, 5) is 27.9. The molecule has 0 unspecified atom stereocenters. The molecule has 2 N–H and O–H groups in total. The number of carbonyl (C=O) groups is 2. The highest BCUT2D eigenvalue weighted by Crippen LogP contribution is 2.40. The van der Waals surface area contributed by atoms with Crippen molar-refractivity contribution in [2.75, 3.05) is 13.2 Å². The van der Waals surface area contributed by atoms with Gasteiger partial charge in [0.15, 0.2) is 5.89 Å². The maximum absolute atomic E-state index is 12.5. The molecule has 7 heteroatoms. The fourth-order valence-corrected chi connectivity index (χ4v) is 2.83. The zero-order valence-electron chi connectivity index (χ0n) is 12.6. The number of nitrogens with zero attached hydrogens (tertiary/aromatic N) is 1. The Morgan fingerprint density at radius 3 is 2.64 bits per heavy atom. The number of carboxylic acids is 1. The SMILES string of the molecule is Cc1nc(C2CC2)oc1C(=O)NC1(CC(=O)O)CCOCC1. The second kappa shape index (κ2) is 5.72. The van der Waals surface area contributed by atoms with Crippen molar-refractivity contribution in [2.24, 2.45) is 0 Å². The van der Waals surface area contributed by atoms with Crippen LogP contribution in [0.2, 0.25) is 0 Å². The Hall–Kier alpha value is -1.89. The lowest BCUT2D eigenvalue weighted by Crippen LogP contribution is -2.53. The molecule has 1 aliphatic carbocycles. The molecule has 0 radical (unpaired) electrons.